The van der Waals surface area contributed by atoms with Crippen molar-refractivity contribution in [3.63, 3.8) is 0 Å². The molecule has 0 spiro atoms. The molecule has 0 radical (unpaired) electrons. The lowest BCUT2D eigenvalue weighted by Gasteiger charge is -2.05. The highest BCUT2D eigenvalue weighted by Gasteiger charge is 1.94. The molecule has 140 valence electrons. The van der Waals surface area contributed by atoms with Gasteiger partial charge in [0.05, 0.1) is 0 Å². The summed E-state index contributed by atoms with van der Waals surface area (Å²) in [4.78, 5) is 0. The van der Waals surface area contributed by atoms with Crippen molar-refractivity contribution in [1.29, 1.82) is 0 Å². The Morgan fingerprint density at radius 3 is 0.913 bits per heavy atom. The molecule has 23 heavy (non-hydrogen) atoms. The molecule has 0 atom stereocenters. The normalized spacial score (nSPS) is 11.2. The molecular formula is C20H42O3. The maximum absolute atomic E-state index is 5.71. The average Bonchev–Trinajstić information content (AvgIpc) is 2.57. The van der Waals surface area contributed by atoms with Crippen LogP contribution in [0.15, 0.2) is 0 Å². The zero-order valence-electron chi connectivity index (χ0n) is 16.0. The molecular weight excluding hydrogens is 288 g/mol. The summed E-state index contributed by atoms with van der Waals surface area (Å²) >= 11 is 0. The number of ether oxygens (including phenoxy) is 3. The van der Waals surface area contributed by atoms with E-state index in [0.29, 0.717) is 0 Å². The second kappa shape index (κ2) is 21.9. The molecule has 0 aromatic rings. The standard InChI is InChI=1S/C20H42O3/c1-3-21-17-13-9-5-7-11-15-19-23-20-16-12-8-6-10-14-18-22-4-2/h3-20H2,1-2H3. The van der Waals surface area contributed by atoms with E-state index in [1.807, 2.05) is 0 Å². The van der Waals surface area contributed by atoms with Gasteiger partial charge in [-0.3, -0.25) is 0 Å². The predicted octanol–water partition coefficient (Wildman–Crippen LogP) is 5.76. The Labute approximate surface area is 145 Å². The molecule has 0 aliphatic rings. The Bertz CT molecular complexity index is 177. The van der Waals surface area contributed by atoms with E-state index < -0.39 is 0 Å². The van der Waals surface area contributed by atoms with Crippen LogP contribution in [-0.4, -0.2) is 39.6 Å². The third kappa shape index (κ3) is 21.9. The SMILES string of the molecule is CCOCCCCCCCCOCCCCCCCCOCC. The Morgan fingerprint density at radius 2 is 0.609 bits per heavy atom. The maximum atomic E-state index is 5.71. The highest BCUT2D eigenvalue weighted by atomic mass is 16.5. The summed E-state index contributed by atoms with van der Waals surface area (Å²) in [6, 6.07) is 0. The topological polar surface area (TPSA) is 27.7 Å². The smallest absolute Gasteiger partial charge is 0.0466 e. The van der Waals surface area contributed by atoms with Crippen molar-refractivity contribution in [3.05, 3.63) is 0 Å². The monoisotopic (exact) mass is 330 g/mol. The molecule has 0 aromatic heterocycles. The van der Waals surface area contributed by atoms with Crippen LogP contribution >= 0.6 is 0 Å². The molecule has 0 rings (SSSR count). The van der Waals surface area contributed by atoms with Crippen LogP contribution in [0.4, 0.5) is 0 Å². The summed E-state index contributed by atoms with van der Waals surface area (Å²) in [6.07, 6.45) is 15.5. The average molecular weight is 331 g/mol. The van der Waals surface area contributed by atoms with Crippen LogP contribution in [-0.2, 0) is 14.2 Å². The third-order valence-corrected chi connectivity index (χ3v) is 4.06. The number of unbranched alkanes of at least 4 members (excludes halogenated alkanes) is 10. The largest absolute Gasteiger partial charge is 0.382 e. The summed E-state index contributed by atoms with van der Waals surface area (Å²) in [7, 11) is 0. The highest BCUT2D eigenvalue weighted by Crippen LogP contribution is 2.07. The molecule has 0 N–H and O–H groups in total. The van der Waals surface area contributed by atoms with Gasteiger partial charge in [0.15, 0.2) is 0 Å². The lowest BCUT2D eigenvalue weighted by Crippen LogP contribution is -1.97. The molecule has 0 heterocycles. The van der Waals surface area contributed by atoms with Crippen LogP contribution < -0.4 is 0 Å². The Balaban J connectivity index is 2.92. The van der Waals surface area contributed by atoms with Crippen molar-refractivity contribution in [2.45, 2.75) is 90.9 Å². The molecule has 0 fully saturated rings. The number of hydrogen-bond acceptors (Lipinski definition) is 3. The molecule has 0 saturated heterocycles. The molecule has 0 aliphatic carbocycles. The van der Waals surface area contributed by atoms with Crippen LogP contribution in [0.25, 0.3) is 0 Å². The van der Waals surface area contributed by atoms with Crippen molar-refractivity contribution in [3.8, 4) is 0 Å². The molecule has 0 saturated carbocycles. The van der Waals surface area contributed by atoms with Gasteiger partial charge in [0.25, 0.3) is 0 Å². The lowest BCUT2D eigenvalue weighted by molar-refractivity contribution is 0.125. The first-order valence-electron chi connectivity index (χ1n) is 10.1. The summed E-state index contributed by atoms with van der Waals surface area (Å²) in [5.41, 5.74) is 0. The summed E-state index contributed by atoms with van der Waals surface area (Å²) < 4.78 is 16.4. The minimum Gasteiger partial charge on any atom is -0.382 e. The van der Waals surface area contributed by atoms with Crippen LogP contribution in [0.5, 0.6) is 0 Å². The minimum absolute atomic E-state index is 0.852. The van der Waals surface area contributed by atoms with Crippen LogP contribution in [0.2, 0.25) is 0 Å². The van der Waals surface area contributed by atoms with Crippen LogP contribution in [0.1, 0.15) is 90.9 Å². The van der Waals surface area contributed by atoms with Gasteiger partial charge in [0, 0.05) is 39.6 Å². The molecule has 0 aliphatic heterocycles. The quantitative estimate of drug-likeness (QED) is 0.266. The second-order valence-corrected chi connectivity index (χ2v) is 6.25. The van der Waals surface area contributed by atoms with Crippen molar-refractivity contribution >= 4 is 0 Å². The molecule has 3 nitrogen and oxygen atoms in total. The van der Waals surface area contributed by atoms with E-state index >= 15 is 0 Å². The lowest BCUT2D eigenvalue weighted by atomic mass is 10.1. The van der Waals surface area contributed by atoms with E-state index in [2.05, 4.69) is 13.8 Å². The molecule has 0 bridgehead atoms. The number of rotatable bonds is 20. The van der Waals surface area contributed by atoms with E-state index in [4.69, 9.17) is 14.2 Å². The predicted molar refractivity (Wildman–Crippen MR) is 99.2 cm³/mol. The van der Waals surface area contributed by atoms with Crippen LogP contribution in [0, 0.1) is 0 Å². The van der Waals surface area contributed by atoms with Gasteiger partial charge in [0.2, 0.25) is 0 Å². The van der Waals surface area contributed by atoms with Gasteiger partial charge in [-0.25, -0.2) is 0 Å². The van der Waals surface area contributed by atoms with Crippen molar-refractivity contribution in [2.24, 2.45) is 0 Å². The molecule has 0 aromatic carbocycles. The van der Waals surface area contributed by atoms with Gasteiger partial charge in [0.1, 0.15) is 0 Å². The fourth-order valence-electron chi connectivity index (χ4n) is 2.62. The van der Waals surface area contributed by atoms with Gasteiger partial charge in [-0.2, -0.15) is 0 Å². The van der Waals surface area contributed by atoms with Crippen LogP contribution in [0.3, 0.4) is 0 Å². The van der Waals surface area contributed by atoms with Gasteiger partial charge in [-0.15, -0.1) is 0 Å². The summed E-state index contributed by atoms with van der Waals surface area (Å²) in [6.45, 7) is 9.60. The number of hydrogen-bond donors (Lipinski definition) is 0. The van der Waals surface area contributed by atoms with E-state index in [9.17, 15) is 0 Å². The first-order chi connectivity index (χ1) is 11.4. The van der Waals surface area contributed by atoms with Gasteiger partial charge in [-0.05, 0) is 39.5 Å². The van der Waals surface area contributed by atoms with Crippen molar-refractivity contribution < 1.29 is 14.2 Å². The molecule has 3 heteroatoms. The van der Waals surface area contributed by atoms with Crippen molar-refractivity contribution in [1.82, 2.24) is 0 Å². The first kappa shape index (κ1) is 22.9. The zero-order valence-corrected chi connectivity index (χ0v) is 16.0. The highest BCUT2D eigenvalue weighted by molar-refractivity contribution is 4.47. The van der Waals surface area contributed by atoms with Crippen molar-refractivity contribution in [2.75, 3.05) is 39.6 Å². The Kier molecular flexibility index (Phi) is 21.8. The van der Waals surface area contributed by atoms with E-state index in [1.165, 1.54) is 77.0 Å². The minimum atomic E-state index is 0.852. The molecule has 0 unspecified atom stereocenters. The maximum Gasteiger partial charge on any atom is 0.0466 e. The Hall–Kier alpha value is -0.120. The third-order valence-electron chi connectivity index (χ3n) is 4.06. The molecule has 0 amide bonds. The first-order valence-corrected chi connectivity index (χ1v) is 10.1. The zero-order chi connectivity index (χ0) is 16.8. The van der Waals surface area contributed by atoms with E-state index in [1.54, 1.807) is 0 Å². The van der Waals surface area contributed by atoms with E-state index in [0.717, 1.165) is 39.6 Å². The van der Waals surface area contributed by atoms with Gasteiger partial charge < -0.3 is 14.2 Å². The van der Waals surface area contributed by atoms with E-state index in [-0.39, 0.29) is 0 Å². The summed E-state index contributed by atoms with van der Waals surface area (Å²) in [5.74, 6) is 0. The Morgan fingerprint density at radius 1 is 0.348 bits per heavy atom. The summed E-state index contributed by atoms with van der Waals surface area (Å²) in [5, 5.41) is 0. The van der Waals surface area contributed by atoms with Gasteiger partial charge in [-0.1, -0.05) is 51.4 Å². The fraction of sp³-hybridized carbons (Fsp3) is 1.00. The van der Waals surface area contributed by atoms with Gasteiger partial charge >= 0.3 is 0 Å². The fourth-order valence-corrected chi connectivity index (χ4v) is 2.62. The second-order valence-electron chi connectivity index (χ2n) is 6.25.